The molecule has 0 aromatic heterocycles. The van der Waals surface area contributed by atoms with E-state index in [1.54, 1.807) is 24.3 Å². The molecule has 0 radical (unpaired) electrons. The van der Waals surface area contributed by atoms with E-state index in [0.717, 1.165) is 19.5 Å². The number of nitrogens with one attached hydrogen (secondary N) is 2. The molecule has 0 bridgehead atoms. The molecule has 1 heterocycles. The number of halogens is 1. The van der Waals surface area contributed by atoms with Crippen LogP contribution in [-0.2, 0) is 0 Å². The molecule has 0 saturated carbocycles. The lowest BCUT2D eigenvalue weighted by Crippen LogP contribution is -2.38. The summed E-state index contributed by atoms with van der Waals surface area (Å²) >= 11 is 5.72. The van der Waals surface area contributed by atoms with E-state index in [1.807, 2.05) is 0 Å². The maximum Gasteiger partial charge on any atom is 0.412 e. The van der Waals surface area contributed by atoms with Gasteiger partial charge in [-0.25, -0.2) is 4.79 Å². The molecule has 16 heavy (non-hydrogen) atoms. The molecule has 1 aromatic rings. The molecule has 1 amide bonds. The third kappa shape index (κ3) is 3.12. The molecule has 86 valence electrons. The molecule has 1 saturated heterocycles. The number of carbonyl (C=O) groups is 1. The van der Waals surface area contributed by atoms with Gasteiger partial charge in [0.1, 0.15) is 5.75 Å². The summed E-state index contributed by atoms with van der Waals surface area (Å²) in [5.41, 5.74) is 0. The second-order valence-electron chi connectivity index (χ2n) is 3.68. The van der Waals surface area contributed by atoms with Crippen LogP contribution in [0.25, 0.3) is 0 Å². The van der Waals surface area contributed by atoms with Gasteiger partial charge in [0.15, 0.2) is 0 Å². The molecule has 1 fully saturated rings. The van der Waals surface area contributed by atoms with Gasteiger partial charge < -0.3 is 15.4 Å². The predicted octanol–water partition coefficient (Wildman–Crippen LogP) is 1.79. The number of ether oxygens (including phenoxy) is 1. The molecule has 1 aromatic carbocycles. The van der Waals surface area contributed by atoms with Crippen LogP contribution in [0, 0.1) is 0 Å². The predicted molar refractivity (Wildman–Crippen MR) is 61.9 cm³/mol. The second-order valence-corrected chi connectivity index (χ2v) is 4.11. The summed E-state index contributed by atoms with van der Waals surface area (Å²) in [4.78, 5) is 11.5. The minimum atomic E-state index is -0.420. The summed E-state index contributed by atoms with van der Waals surface area (Å²) in [5, 5.41) is 6.56. The van der Waals surface area contributed by atoms with Crippen molar-refractivity contribution in [1.29, 1.82) is 0 Å². The minimum absolute atomic E-state index is 0.166. The van der Waals surface area contributed by atoms with Gasteiger partial charge >= 0.3 is 6.09 Å². The van der Waals surface area contributed by atoms with Crippen LogP contribution >= 0.6 is 11.6 Å². The Kier molecular flexibility index (Phi) is 3.64. The van der Waals surface area contributed by atoms with Crippen LogP contribution in [0.1, 0.15) is 6.42 Å². The Morgan fingerprint density at radius 1 is 1.44 bits per heavy atom. The SMILES string of the molecule is O=C(NC1CCNC1)Oc1ccc(Cl)cc1. The Morgan fingerprint density at radius 2 is 2.19 bits per heavy atom. The lowest BCUT2D eigenvalue weighted by molar-refractivity contribution is 0.197. The van der Waals surface area contributed by atoms with Crippen molar-refractivity contribution in [3.8, 4) is 5.75 Å². The molecule has 5 heteroatoms. The Balaban J connectivity index is 1.84. The van der Waals surface area contributed by atoms with Crippen molar-refractivity contribution in [2.24, 2.45) is 0 Å². The Bertz CT molecular complexity index is 361. The zero-order chi connectivity index (χ0) is 11.4. The van der Waals surface area contributed by atoms with E-state index in [1.165, 1.54) is 0 Å². The highest BCUT2D eigenvalue weighted by Crippen LogP contribution is 2.15. The maximum atomic E-state index is 11.5. The summed E-state index contributed by atoms with van der Waals surface area (Å²) in [7, 11) is 0. The molecular formula is C11H13ClN2O2. The second kappa shape index (κ2) is 5.18. The molecule has 1 aliphatic rings. The van der Waals surface area contributed by atoms with Crippen LogP contribution in [0.2, 0.25) is 5.02 Å². The van der Waals surface area contributed by atoms with Gasteiger partial charge in [-0.2, -0.15) is 0 Å². The smallest absolute Gasteiger partial charge is 0.410 e. The highest BCUT2D eigenvalue weighted by molar-refractivity contribution is 6.30. The van der Waals surface area contributed by atoms with Gasteiger partial charge in [0.2, 0.25) is 0 Å². The lowest BCUT2D eigenvalue weighted by atomic mass is 10.3. The molecule has 2 rings (SSSR count). The summed E-state index contributed by atoms with van der Waals surface area (Å²) in [6.45, 7) is 1.74. The first kappa shape index (κ1) is 11.2. The number of carbonyl (C=O) groups excluding carboxylic acids is 1. The van der Waals surface area contributed by atoms with Crippen LogP contribution < -0.4 is 15.4 Å². The fraction of sp³-hybridized carbons (Fsp3) is 0.364. The number of amides is 1. The van der Waals surface area contributed by atoms with Crippen LogP contribution in [0.15, 0.2) is 24.3 Å². The summed E-state index contributed by atoms with van der Waals surface area (Å²) in [5.74, 6) is 0.493. The van der Waals surface area contributed by atoms with E-state index in [-0.39, 0.29) is 6.04 Å². The molecule has 0 aliphatic carbocycles. The van der Waals surface area contributed by atoms with Crippen LogP contribution in [0.3, 0.4) is 0 Å². The molecule has 1 aliphatic heterocycles. The van der Waals surface area contributed by atoms with Crippen molar-refractivity contribution in [2.45, 2.75) is 12.5 Å². The average Bonchev–Trinajstić information content (AvgIpc) is 2.74. The fourth-order valence-corrected chi connectivity index (χ4v) is 1.71. The van der Waals surface area contributed by atoms with Gasteiger partial charge in [0.25, 0.3) is 0 Å². The normalized spacial score (nSPS) is 19.4. The quantitative estimate of drug-likeness (QED) is 0.829. The first-order valence-corrected chi connectivity index (χ1v) is 5.56. The van der Waals surface area contributed by atoms with Gasteiger partial charge in [0, 0.05) is 17.6 Å². The highest BCUT2D eigenvalue weighted by Gasteiger charge is 2.17. The molecule has 0 spiro atoms. The zero-order valence-electron chi connectivity index (χ0n) is 8.70. The van der Waals surface area contributed by atoms with Crippen molar-refractivity contribution in [3.05, 3.63) is 29.3 Å². The van der Waals surface area contributed by atoms with E-state index in [4.69, 9.17) is 16.3 Å². The zero-order valence-corrected chi connectivity index (χ0v) is 9.46. The van der Waals surface area contributed by atoms with Crippen LogP contribution in [-0.4, -0.2) is 25.2 Å². The van der Waals surface area contributed by atoms with Crippen molar-refractivity contribution in [2.75, 3.05) is 13.1 Å². The molecule has 4 nitrogen and oxygen atoms in total. The van der Waals surface area contributed by atoms with Crippen molar-refractivity contribution in [3.63, 3.8) is 0 Å². The van der Waals surface area contributed by atoms with Crippen molar-refractivity contribution >= 4 is 17.7 Å². The monoisotopic (exact) mass is 240 g/mol. The third-order valence-corrected chi connectivity index (χ3v) is 2.66. The van der Waals surface area contributed by atoms with E-state index in [9.17, 15) is 4.79 Å². The lowest BCUT2D eigenvalue weighted by Gasteiger charge is -2.11. The Hall–Kier alpha value is -1.26. The standard InChI is InChI=1S/C11H13ClN2O2/c12-8-1-3-10(4-2-8)16-11(15)14-9-5-6-13-7-9/h1-4,9,13H,5-7H2,(H,14,15). The Morgan fingerprint density at radius 3 is 2.81 bits per heavy atom. The number of rotatable bonds is 2. The summed E-state index contributed by atoms with van der Waals surface area (Å²) in [6, 6.07) is 6.85. The Labute approximate surface area is 98.9 Å². The number of hydrogen-bond acceptors (Lipinski definition) is 3. The van der Waals surface area contributed by atoms with Crippen LogP contribution in [0.5, 0.6) is 5.75 Å². The first-order valence-electron chi connectivity index (χ1n) is 5.19. The van der Waals surface area contributed by atoms with Gasteiger partial charge in [-0.15, -0.1) is 0 Å². The largest absolute Gasteiger partial charge is 0.412 e. The average molecular weight is 241 g/mol. The van der Waals surface area contributed by atoms with Gasteiger partial charge in [0.05, 0.1) is 0 Å². The van der Waals surface area contributed by atoms with Gasteiger partial charge in [-0.05, 0) is 37.2 Å². The summed E-state index contributed by atoms with van der Waals surface area (Å²) < 4.78 is 5.09. The van der Waals surface area contributed by atoms with Crippen molar-refractivity contribution in [1.82, 2.24) is 10.6 Å². The van der Waals surface area contributed by atoms with Crippen LogP contribution in [0.4, 0.5) is 4.79 Å². The third-order valence-electron chi connectivity index (χ3n) is 2.41. The fourth-order valence-electron chi connectivity index (χ4n) is 1.58. The molecule has 2 N–H and O–H groups in total. The van der Waals surface area contributed by atoms with E-state index in [2.05, 4.69) is 10.6 Å². The van der Waals surface area contributed by atoms with Crippen molar-refractivity contribution < 1.29 is 9.53 Å². The summed E-state index contributed by atoms with van der Waals surface area (Å²) in [6.07, 6.45) is 0.520. The molecular weight excluding hydrogens is 228 g/mol. The molecule has 1 atom stereocenters. The highest BCUT2D eigenvalue weighted by atomic mass is 35.5. The topological polar surface area (TPSA) is 50.4 Å². The van der Waals surface area contributed by atoms with E-state index < -0.39 is 6.09 Å². The maximum absolute atomic E-state index is 11.5. The number of hydrogen-bond donors (Lipinski definition) is 2. The minimum Gasteiger partial charge on any atom is -0.410 e. The van der Waals surface area contributed by atoms with Gasteiger partial charge in [-0.3, -0.25) is 0 Å². The number of benzene rings is 1. The van der Waals surface area contributed by atoms with E-state index >= 15 is 0 Å². The first-order chi connectivity index (χ1) is 7.74. The van der Waals surface area contributed by atoms with Gasteiger partial charge in [-0.1, -0.05) is 11.6 Å². The van der Waals surface area contributed by atoms with E-state index in [0.29, 0.717) is 10.8 Å². The molecule has 1 unspecified atom stereocenters.